The SMILES string of the molecule is CCC(C1NC2CCCC(C)C2C(=O)N1C1CCCCC1)N(N)C(=O)OCC1CCCCC1. The van der Waals surface area contributed by atoms with Gasteiger partial charge in [0.2, 0.25) is 5.91 Å². The second kappa shape index (κ2) is 11.4. The summed E-state index contributed by atoms with van der Waals surface area (Å²) >= 11 is 0. The minimum absolute atomic E-state index is 0.0407. The van der Waals surface area contributed by atoms with Gasteiger partial charge in [0, 0.05) is 12.1 Å². The molecule has 4 rings (SSSR count). The molecule has 7 heteroatoms. The number of hydrazine groups is 1. The van der Waals surface area contributed by atoms with Crippen LogP contribution < -0.4 is 11.2 Å². The summed E-state index contributed by atoms with van der Waals surface area (Å²) in [5, 5.41) is 5.12. The molecule has 0 aromatic carbocycles. The minimum Gasteiger partial charge on any atom is -0.448 e. The number of ether oxygens (including phenoxy) is 1. The quantitative estimate of drug-likeness (QED) is 0.343. The third kappa shape index (κ3) is 5.50. The fourth-order valence-corrected chi connectivity index (χ4v) is 7.01. The molecule has 4 aliphatic rings. The third-order valence-corrected chi connectivity index (χ3v) is 8.93. The van der Waals surface area contributed by atoms with Crippen molar-refractivity contribution in [1.29, 1.82) is 0 Å². The molecular formula is C26H46N4O3. The first kappa shape index (κ1) is 24.8. The number of carbonyl (C=O) groups is 2. The topological polar surface area (TPSA) is 87.9 Å². The lowest BCUT2D eigenvalue weighted by Gasteiger charge is -2.54. The zero-order valence-electron chi connectivity index (χ0n) is 20.8. The van der Waals surface area contributed by atoms with Crippen molar-refractivity contribution in [2.45, 2.75) is 128 Å². The number of carbonyl (C=O) groups excluding carboxylic acids is 2. The van der Waals surface area contributed by atoms with Gasteiger partial charge in [-0.15, -0.1) is 0 Å². The van der Waals surface area contributed by atoms with Gasteiger partial charge in [-0.3, -0.25) is 10.1 Å². The highest BCUT2D eigenvalue weighted by molar-refractivity contribution is 5.82. The Morgan fingerprint density at radius 1 is 1.06 bits per heavy atom. The molecule has 3 saturated carbocycles. The van der Waals surface area contributed by atoms with E-state index in [9.17, 15) is 9.59 Å². The van der Waals surface area contributed by atoms with E-state index in [1.807, 2.05) is 0 Å². The Kier molecular flexibility index (Phi) is 8.55. The average Bonchev–Trinajstić information content (AvgIpc) is 2.84. The lowest BCUT2D eigenvalue weighted by atomic mass is 9.73. The summed E-state index contributed by atoms with van der Waals surface area (Å²) in [7, 11) is 0. The Morgan fingerprint density at radius 3 is 2.39 bits per heavy atom. The first-order valence-electron chi connectivity index (χ1n) is 13.8. The second-order valence-electron chi connectivity index (χ2n) is 11.2. The number of hydrogen-bond acceptors (Lipinski definition) is 5. The third-order valence-electron chi connectivity index (χ3n) is 8.93. The lowest BCUT2D eigenvalue weighted by Crippen LogP contribution is -2.73. The van der Waals surface area contributed by atoms with Crippen molar-refractivity contribution < 1.29 is 14.3 Å². The van der Waals surface area contributed by atoms with Crippen LogP contribution in [0.1, 0.15) is 104 Å². The first-order valence-corrected chi connectivity index (χ1v) is 13.8. The van der Waals surface area contributed by atoms with E-state index in [1.54, 1.807) is 0 Å². The second-order valence-corrected chi connectivity index (χ2v) is 11.2. The number of nitrogens with one attached hydrogen (secondary N) is 1. The first-order chi connectivity index (χ1) is 16.0. The van der Waals surface area contributed by atoms with Crippen molar-refractivity contribution in [3.05, 3.63) is 0 Å². The highest BCUT2D eigenvalue weighted by Gasteiger charge is 2.50. The fourth-order valence-electron chi connectivity index (χ4n) is 7.01. The molecule has 2 amide bonds. The largest absolute Gasteiger partial charge is 0.448 e. The fraction of sp³-hybridized carbons (Fsp3) is 0.923. The summed E-state index contributed by atoms with van der Waals surface area (Å²) in [6.45, 7) is 4.74. The van der Waals surface area contributed by atoms with Gasteiger partial charge in [0.05, 0.1) is 18.6 Å². The minimum atomic E-state index is -0.454. The molecule has 0 radical (unpaired) electrons. The predicted octanol–water partition coefficient (Wildman–Crippen LogP) is 4.55. The highest BCUT2D eigenvalue weighted by Crippen LogP contribution is 2.38. The maximum Gasteiger partial charge on any atom is 0.424 e. The number of nitrogens with zero attached hydrogens (tertiary/aromatic N) is 2. The number of fused-ring (bicyclic) bond motifs is 1. The maximum absolute atomic E-state index is 13.9. The molecule has 0 spiro atoms. The van der Waals surface area contributed by atoms with Crippen LogP contribution in [0.2, 0.25) is 0 Å². The van der Waals surface area contributed by atoms with Crippen LogP contribution in [0.15, 0.2) is 0 Å². The number of hydrogen-bond donors (Lipinski definition) is 2. The Morgan fingerprint density at radius 2 is 1.73 bits per heavy atom. The summed E-state index contributed by atoms with van der Waals surface area (Å²) in [6.07, 6.45) is 14.9. The molecule has 5 atom stereocenters. The summed E-state index contributed by atoms with van der Waals surface area (Å²) < 4.78 is 5.68. The summed E-state index contributed by atoms with van der Waals surface area (Å²) in [4.78, 5) is 29.0. The van der Waals surface area contributed by atoms with Gasteiger partial charge in [-0.05, 0) is 56.8 Å². The van der Waals surface area contributed by atoms with Gasteiger partial charge in [0.15, 0.2) is 0 Å². The van der Waals surface area contributed by atoms with E-state index in [4.69, 9.17) is 10.6 Å². The van der Waals surface area contributed by atoms with Crippen LogP contribution in [-0.4, -0.2) is 52.8 Å². The van der Waals surface area contributed by atoms with Crippen LogP contribution in [0.5, 0.6) is 0 Å². The normalized spacial score (nSPS) is 32.8. The van der Waals surface area contributed by atoms with Gasteiger partial charge >= 0.3 is 6.09 Å². The van der Waals surface area contributed by atoms with Crippen LogP contribution >= 0.6 is 0 Å². The molecule has 33 heavy (non-hydrogen) atoms. The molecule has 1 aliphatic heterocycles. The molecule has 5 unspecified atom stereocenters. The molecule has 1 saturated heterocycles. The van der Waals surface area contributed by atoms with Gasteiger partial charge in [-0.1, -0.05) is 58.8 Å². The van der Waals surface area contributed by atoms with E-state index in [0.29, 0.717) is 24.9 Å². The molecule has 0 aromatic rings. The van der Waals surface area contributed by atoms with E-state index < -0.39 is 6.09 Å². The molecule has 4 fully saturated rings. The Balaban J connectivity index is 1.50. The summed E-state index contributed by atoms with van der Waals surface area (Å²) in [6, 6.07) is 0.110. The standard InChI is InChI=1S/C26H46N4O3/c1-3-22(30(27)26(32)33-17-19-12-6-4-7-13-19)24-28-21-16-10-11-18(2)23(21)25(31)29(24)20-14-8-5-9-15-20/h18-24,28H,3-17,27H2,1-2H3. The van der Waals surface area contributed by atoms with E-state index >= 15 is 0 Å². The zero-order chi connectivity index (χ0) is 23.4. The van der Waals surface area contributed by atoms with E-state index in [-0.39, 0.29) is 36.1 Å². The van der Waals surface area contributed by atoms with Gasteiger partial charge in [0.25, 0.3) is 0 Å². The number of rotatable bonds is 6. The lowest BCUT2D eigenvalue weighted by molar-refractivity contribution is -0.157. The van der Waals surface area contributed by atoms with Gasteiger partial charge in [-0.2, -0.15) is 0 Å². The van der Waals surface area contributed by atoms with Crippen LogP contribution in [-0.2, 0) is 9.53 Å². The van der Waals surface area contributed by atoms with E-state index in [0.717, 1.165) is 57.8 Å². The molecule has 1 heterocycles. The monoisotopic (exact) mass is 462 g/mol. The molecule has 188 valence electrons. The molecule has 0 bridgehead atoms. The molecular weight excluding hydrogens is 416 g/mol. The van der Waals surface area contributed by atoms with E-state index in [1.165, 1.54) is 30.7 Å². The van der Waals surface area contributed by atoms with Gasteiger partial charge in [-0.25, -0.2) is 15.6 Å². The molecule has 3 aliphatic carbocycles. The van der Waals surface area contributed by atoms with Gasteiger partial charge in [0.1, 0.15) is 6.17 Å². The van der Waals surface area contributed by atoms with Crippen molar-refractivity contribution in [2.75, 3.05) is 6.61 Å². The zero-order valence-corrected chi connectivity index (χ0v) is 20.8. The van der Waals surface area contributed by atoms with Crippen LogP contribution in [0.3, 0.4) is 0 Å². The molecule has 7 nitrogen and oxygen atoms in total. The number of amides is 2. The van der Waals surface area contributed by atoms with Crippen molar-refractivity contribution in [3.63, 3.8) is 0 Å². The van der Waals surface area contributed by atoms with Gasteiger partial charge < -0.3 is 9.64 Å². The molecule has 3 N–H and O–H groups in total. The smallest absolute Gasteiger partial charge is 0.424 e. The van der Waals surface area contributed by atoms with Crippen molar-refractivity contribution in [2.24, 2.45) is 23.6 Å². The van der Waals surface area contributed by atoms with Crippen LogP contribution in [0.4, 0.5) is 4.79 Å². The van der Waals surface area contributed by atoms with Crippen molar-refractivity contribution in [1.82, 2.24) is 15.2 Å². The molecule has 0 aromatic heterocycles. The van der Waals surface area contributed by atoms with Crippen LogP contribution in [0, 0.1) is 17.8 Å². The Bertz CT molecular complexity index is 662. The highest BCUT2D eigenvalue weighted by atomic mass is 16.6. The summed E-state index contributed by atoms with van der Waals surface area (Å²) in [5.74, 6) is 7.60. The Labute approximate surface area is 200 Å². The summed E-state index contributed by atoms with van der Waals surface area (Å²) in [5.41, 5.74) is 0. The number of nitrogens with two attached hydrogens (primary N) is 1. The average molecular weight is 463 g/mol. The van der Waals surface area contributed by atoms with Crippen molar-refractivity contribution >= 4 is 12.0 Å². The van der Waals surface area contributed by atoms with Crippen molar-refractivity contribution in [3.8, 4) is 0 Å². The van der Waals surface area contributed by atoms with Crippen LogP contribution in [0.25, 0.3) is 0 Å². The maximum atomic E-state index is 13.9. The van der Waals surface area contributed by atoms with E-state index in [2.05, 4.69) is 24.1 Å². The predicted molar refractivity (Wildman–Crippen MR) is 129 cm³/mol. The Hall–Kier alpha value is -1.34.